The summed E-state index contributed by atoms with van der Waals surface area (Å²) in [5.41, 5.74) is 5.09. The summed E-state index contributed by atoms with van der Waals surface area (Å²) in [4.78, 5) is 16.4. The number of fused-ring (bicyclic) bond motifs is 9. The van der Waals surface area contributed by atoms with Crippen LogP contribution >= 0.6 is 11.3 Å². The summed E-state index contributed by atoms with van der Waals surface area (Å²) in [5, 5.41) is 12.4. The van der Waals surface area contributed by atoms with Crippen molar-refractivity contribution < 1.29 is 0 Å². The van der Waals surface area contributed by atoms with Crippen LogP contribution in [0.4, 0.5) is 0 Å². The van der Waals surface area contributed by atoms with Crippen molar-refractivity contribution in [2.45, 2.75) is 0 Å². The van der Waals surface area contributed by atoms with Gasteiger partial charge in [-0.15, -0.1) is 11.3 Å². The van der Waals surface area contributed by atoms with E-state index in [1.807, 2.05) is 11.3 Å². The van der Waals surface area contributed by atoms with Crippen LogP contribution in [0.2, 0.25) is 0 Å². The molecular formula is C57H37N5SSi. The maximum absolute atomic E-state index is 5.47. The molecule has 13 aromatic rings. The lowest BCUT2D eigenvalue weighted by Crippen LogP contribution is -2.74. The molecule has 0 amide bonds. The highest BCUT2D eigenvalue weighted by Gasteiger charge is 2.42. The fourth-order valence-corrected chi connectivity index (χ4v) is 16.1. The molecule has 300 valence electrons. The molecule has 4 heterocycles. The first-order chi connectivity index (χ1) is 31.7. The lowest BCUT2D eigenvalue weighted by atomic mass is 10.1. The Kier molecular flexibility index (Phi) is 8.34. The highest BCUT2D eigenvalue weighted by molar-refractivity contribution is 7.26. The number of nitrogens with zero attached hydrogens (tertiary/aromatic N) is 5. The Bertz CT molecular complexity index is 3650. The second kappa shape index (κ2) is 14.6. The molecule has 0 unspecified atom stereocenters. The van der Waals surface area contributed by atoms with E-state index in [1.54, 1.807) is 0 Å². The molecule has 0 spiro atoms. The predicted octanol–water partition coefficient (Wildman–Crippen LogP) is 11.5. The predicted molar refractivity (Wildman–Crippen MR) is 270 cm³/mol. The molecule has 9 aromatic carbocycles. The summed E-state index contributed by atoms with van der Waals surface area (Å²) in [7, 11) is -3.00. The Hall–Kier alpha value is -7.97. The first-order valence-electron chi connectivity index (χ1n) is 21.6. The zero-order valence-corrected chi connectivity index (χ0v) is 36.3. The van der Waals surface area contributed by atoms with E-state index in [4.69, 9.17) is 15.0 Å². The molecular weight excluding hydrogens is 815 g/mol. The fourth-order valence-electron chi connectivity index (χ4n) is 10.2. The van der Waals surface area contributed by atoms with Gasteiger partial charge in [-0.05, 0) is 57.1 Å². The second-order valence-corrected chi connectivity index (χ2v) is 21.3. The van der Waals surface area contributed by atoms with Crippen LogP contribution in [0.5, 0.6) is 0 Å². The van der Waals surface area contributed by atoms with Gasteiger partial charge >= 0.3 is 0 Å². The van der Waals surface area contributed by atoms with E-state index in [0.29, 0.717) is 17.7 Å². The Morgan fingerprint density at radius 2 is 0.734 bits per heavy atom. The molecule has 0 N–H and O–H groups in total. The van der Waals surface area contributed by atoms with Crippen LogP contribution in [-0.4, -0.2) is 32.2 Å². The molecule has 0 radical (unpaired) electrons. The maximum Gasteiger partial charge on any atom is 0.240 e. The van der Waals surface area contributed by atoms with E-state index >= 15 is 0 Å². The molecule has 0 aliphatic heterocycles. The number of rotatable bonds is 7. The molecule has 0 aliphatic carbocycles. The van der Waals surface area contributed by atoms with E-state index in [-0.39, 0.29) is 0 Å². The number of hydrogen-bond acceptors (Lipinski definition) is 4. The van der Waals surface area contributed by atoms with Crippen LogP contribution in [-0.2, 0) is 0 Å². The number of benzene rings is 9. The molecule has 4 aromatic heterocycles. The van der Waals surface area contributed by atoms with E-state index in [9.17, 15) is 0 Å². The largest absolute Gasteiger partial charge is 0.278 e. The average molecular weight is 852 g/mol. The topological polar surface area (TPSA) is 48.5 Å². The third-order valence-electron chi connectivity index (χ3n) is 12.9. The maximum atomic E-state index is 5.47. The summed E-state index contributed by atoms with van der Waals surface area (Å²) in [6, 6.07) is 81.4. The first-order valence-corrected chi connectivity index (χ1v) is 24.4. The van der Waals surface area contributed by atoms with Crippen LogP contribution in [0.15, 0.2) is 224 Å². The molecule has 0 bridgehead atoms. The SMILES string of the molecule is c1ccc([Si](c2ccccc2)(c2cccc(-c3nc(-n4c5ccccc5c5ccccc54)nc(-n4c5ccccc5c5ccccc54)n3)c2)c2ccc3sc4ccccc4c3c2)cc1. The molecule has 0 fully saturated rings. The molecule has 0 saturated carbocycles. The van der Waals surface area contributed by atoms with Gasteiger partial charge in [0.1, 0.15) is 0 Å². The van der Waals surface area contributed by atoms with Crippen LogP contribution in [0, 0.1) is 0 Å². The van der Waals surface area contributed by atoms with Crippen molar-refractivity contribution in [3.8, 4) is 23.3 Å². The van der Waals surface area contributed by atoms with Crippen molar-refractivity contribution in [2.75, 3.05) is 0 Å². The van der Waals surface area contributed by atoms with Crippen LogP contribution in [0.1, 0.15) is 0 Å². The van der Waals surface area contributed by atoms with Gasteiger partial charge in [-0.3, -0.25) is 9.13 Å². The normalized spacial score (nSPS) is 12.1. The highest BCUT2D eigenvalue weighted by Crippen LogP contribution is 2.36. The molecule has 5 nitrogen and oxygen atoms in total. The average Bonchev–Trinajstić information content (AvgIpc) is 4.03. The van der Waals surface area contributed by atoms with Crippen LogP contribution in [0.25, 0.3) is 87.1 Å². The Morgan fingerprint density at radius 1 is 0.312 bits per heavy atom. The lowest BCUT2D eigenvalue weighted by Gasteiger charge is -2.34. The third-order valence-corrected chi connectivity index (χ3v) is 18.9. The lowest BCUT2D eigenvalue weighted by molar-refractivity contribution is 0.893. The smallest absolute Gasteiger partial charge is 0.240 e. The van der Waals surface area contributed by atoms with Crippen LogP contribution < -0.4 is 20.7 Å². The molecule has 64 heavy (non-hydrogen) atoms. The van der Waals surface area contributed by atoms with Gasteiger partial charge in [0.25, 0.3) is 0 Å². The number of hydrogen-bond donors (Lipinski definition) is 0. The highest BCUT2D eigenvalue weighted by atomic mass is 32.1. The molecule has 7 heteroatoms. The zero-order valence-electron chi connectivity index (χ0n) is 34.5. The number of aromatic nitrogens is 5. The minimum Gasteiger partial charge on any atom is -0.278 e. The summed E-state index contributed by atoms with van der Waals surface area (Å²) in [5.74, 6) is 1.73. The van der Waals surface area contributed by atoms with Crippen molar-refractivity contribution in [1.82, 2.24) is 24.1 Å². The molecule has 13 rings (SSSR count). The standard InChI is InChI=1S/C57H37N5SSi/c1-3-19-39(20-4-1)64(40-21-5-2-6-22-40,42-34-35-54-48(37-42)47-28-11-16-33-53(47)63-54)41-23-17-18-38(36-41)55-58-56(61-49-29-12-7-24-43(49)44-25-8-13-30-50(44)61)60-57(59-55)62-51-31-14-9-26-45(51)46-27-10-15-32-52(46)62/h1-37H. The van der Waals surface area contributed by atoms with Gasteiger partial charge < -0.3 is 0 Å². The first kappa shape index (κ1) is 36.7. The second-order valence-electron chi connectivity index (χ2n) is 16.4. The molecule has 0 saturated heterocycles. The Labute approximate surface area is 373 Å². The van der Waals surface area contributed by atoms with Crippen molar-refractivity contribution in [2.24, 2.45) is 0 Å². The summed E-state index contributed by atoms with van der Waals surface area (Å²) in [6.45, 7) is 0. The monoisotopic (exact) mass is 851 g/mol. The fraction of sp³-hybridized carbons (Fsp3) is 0. The van der Waals surface area contributed by atoms with Crippen molar-refractivity contribution in [3.63, 3.8) is 0 Å². The van der Waals surface area contributed by atoms with E-state index in [0.717, 1.165) is 49.2 Å². The summed E-state index contributed by atoms with van der Waals surface area (Å²) < 4.78 is 6.99. The third kappa shape index (κ3) is 5.51. The van der Waals surface area contributed by atoms with Crippen molar-refractivity contribution >= 4 is 104 Å². The van der Waals surface area contributed by atoms with Crippen molar-refractivity contribution in [3.05, 3.63) is 224 Å². The number of para-hydroxylation sites is 4. The Balaban J connectivity index is 1.11. The van der Waals surface area contributed by atoms with Gasteiger partial charge in [0.05, 0.1) is 22.1 Å². The van der Waals surface area contributed by atoms with Gasteiger partial charge in [-0.2, -0.15) is 15.0 Å². The number of thiophene rings is 1. The molecule has 0 atom stereocenters. The van der Waals surface area contributed by atoms with Gasteiger partial charge in [-0.25, -0.2) is 0 Å². The quantitative estimate of drug-likeness (QED) is 0.119. The van der Waals surface area contributed by atoms with Gasteiger partial charge in [0, 0.05) is 47.3 Å². The van der Waals surface area contributed by atoms with E-state index in [1.165, 1.54) is 40.9 Å². The minimum absolute atomic E-state index is 0.564. The zero-order chi connectivity index (χ0) is 42.2. The summed E-state index contributed by atoms with van der Waals surface area (Å²) >= 11 is 1.86. The van der Waals surface area contributed by atoms with Crippen molar-refractivity contribution in [1.29, 1.82) is 0 Å². The molecule has 0 aliphatic rings. The Morgan fingerprint density at radius 3 is 1.27 bits per heavy atom. The summed E-state index contributed by atoms with van der Waals surface area (Å²) in [6.07, 6.45) is 0. The van der Waals surface area contributed by atoms with E-state index < -0.39 is 8.07 Å². The van der Waals surface area contributed by atoms with Gasteiger partial charge in [-0.1, -0.05) is 188 Å². The van der Waals surface area contributed by atoms with Crippen LogP contribution in [0.3, 0.4) is 0 Å². The van der Waals surface area contributed by atoms with Gasteiger partial charge in [0.15, 0.2) is 13.9 Å². The van der Waals surface area contributed by atoms with Gasteiger partial charge in [0.2, 0.25) is 11.9 Å². The van der Waals surface area contributed by atoms with E-state index in [2.05, 4.69) is 234 Å². The minimum atomic E-state index is -3.00.